The molecule has 21 heavy (non-hydrogen) atoms. The van der Waals surface area contributed by atoms with Gasteiger partial charge in [-0.2, -0.15) is 0 Å². The van der Waals surface area contributed by atoms with Crippen LogP contribution in [-0.2, 0) is 11.3 Å². The molecule has 118 valence electrons. The number of ether oxygens (including phenoxy) is 3. The van der Waals surface area contributed by atoms with E-state index in [0.717, 1.165) is 27.5 Å². The van der Waals surface area contributed by atoms with Crippen molar-refractivity contribution in [3.05, 3.63) is 22.2 Å². The first-order valence-electron chi connectivity index (χ1n) is 6.26. The molecule has 0 fully saturated rings. The van der Waals surface area contributed by atoms with E-state index in [0.29, 0.717) is 19.7 Å². The smallest absolute Gasteiger partial charge is 0.231 e. The predicted octanol–water partition coefficient (Wildman–Crippen LogP) is 2.11. The van der Waals surface area contributed by atoms with Gasteiger partial charge in [-0.25, -0.2) is 0 Å². The van der Waals surface area contributed by atoms with Crippen molar-refractivity contribution >= 4 is 45.9 Å². The summed E-state index contributed by atoms with van der Waals surface area (Å²) in [4.78, 5) is 4.14. The Kier molecular flexibility index (Phi) is 8.12. The Morgan fingerprint density at radius 2 is 2.19 bits per heavy atom. The lowest BCUT2D eigenvalue weighted by atomic mass is 10.2. The molecule has 6 nitrogen and oxygen atoms in total. The molecule has 0 bridgehead atoms. The van der Waals surface area contributed by atoms with Crippen molar-refractivity contribution in [2.45, 2.75) is 6.54 Å². The van der Waals surface area contributed by atoms with Crippen LogP contribution in [0.4, 0.5) is 0 Å². The molecule has 0 aromatic heterocycles. The van der Waals surface area contributed by atoms with Crippen LogP contribution in [0.3, 0.4) is 0 Å². The molecule has 0 atom stereocenters. The van der Waals surface area contributed by atoms with Crippen molar-refractivity contribution in [2.75, 3.05) is 34.1 Å². The van der Waals surface area contributed by atoms with Crippen LogP contribution < -0.4 is 20.1 Å². The van der Waals surface area contributed by atoms with E-state index < -0.39 is 0 Å². The second-order valence-corrected chi connectivity index (χ2v) is 5.01. The molecule has 8 heteroatoms. The molecule has 1 aromatic carbocycles. The highest BCUT2D eigenvalue weighted by atomic mass is 127. The van der Waals surface area contributed by atoms with Crippen LogP contribution >= 0.6 is 39.9 Å². The van der Waals surface area contributed by atoms with Gasteiger partial charge >= 0.3 is 0 Å². The largest absolute Gasteiger partial charge is 0.454 e. The summed E-state index contributed by atoms with van der Waals surface area (Å²) < 4.78 is 16.6. The van der Waals surface area contributed by atoms with Gasteiger partial charge in [-0.1, -0.05) is 0 Å². The highest BCUT2D eigenvalue weighted by Crippen LogP contribution is 2.39. The normalized spacial score (nSPS) is 12.8. The zero-order valence-electron chi connectivity index (χ0n) is 11.9. The number of hydrogen-bond acceptors (Lipinski definition) is 4. The summed E-state index contributed by atoms with van der Waals surface area (Å²) in [6, 6.07) is 3.96. The van der Waals surface area contributed by atoms with Crippen molar-refractivity contribution in [2.24, 2.45) is 4.99 Å². The molecule has 2 N–H and O–H groups in total. The van der Waals surface area contributed by atoms with Crippen LogP contribution in [0.1, 0.15) is 5.56 Å². The van der Waals surface area contributed by atoms with Crippen LogP contribution in [0.25, 0.3) is 0 Å². The minimum atomic E-state index is 0. The highest BCUT2D eigenvalue weighted by Gasteiger charge is 2.17. The van der Waals surface area contributed by atoms with Gasteiger partial charge in [0.2, 0.25) is 6.79 Å². The molecule has 0 aliphatic carbocycles. The molecule has 2 rings (SSSR count). The van der Waals surface area contributed by atoms with Crippen molar-refractivity contribution in [1.29, 1.82) is 0 Å². The van der Waals surface area contributed by atoms with Gasteiger partial charge in [0, 0.05) is 27.2 Å². The van der Waals surface area contributed by atoms with E-state index in [4.69, 9.17) is 14.2 Å². The van der Waals surface area contributed by atoms with E-state index in [-0.39, 0.29) is 30.8 Å². The van der Waals surface area contributed by atoms with Gasteiger partial charge in [-0.3, -0.25) is 4.99 Å². The Morgan fingerprint density at radius 3 is 2.90 bits per heavy atom. The predicted molar refractivity (Wildman–Crippen MR) is 95.8 cm³/mol. The molecule has 0 unspecified atom stereocenters. The van der Waals surface area contributed by atoms with Crippen LogP contribution in [0.2, 0.25) is 0 Å². The Morgan fingerprint density at radius 1 is 1.38 bits per heavy atom. The molecule has 0 saturated heterocycles. The molecule has 0 radical (unpaired) electrons. The Bertz CT molecular complexity index is 500. The summed E-state index contributed by atoms with van der Waals surface area (Å²) in [6.07, 6.45) is 0. The summed E-state index contributed by atoms with van der Waals surface area (Å²) in [5.74, 6) is 2.26. The van der Waals surface area contributed by atoms with E-state index in [1.165, 1.54) is 0 Å². The number of halogens is 2. The Balaban J connectivity index is 0.00000220. The number of fused-ring (bicyclic) bond motifs is 1. The average molecular weight is 472 g/mol. The van der Waals surface area contributed by atoms with Gasteiger partial charge in [0.1, 0.15) is 0 Å². The first-order chi connectivity index (χ1) is 9.74. The maximum Gasteiger partial charge on any atom is 0.231 e. The lowest BCUT2D eigenvalue weighted by Gasteiger charge is -2.12. The fourth-order valence-electron chi connectivity index (χ4n) is 1.80. The van der Waals surface area contributed by atoms with Gasteiger partial charge in [-0.05, 0) is 33.6 Å². The summed E-state index contributed by atoms with van der Waals surface area (Å²) >= 11 is 3.48. The van der Waals surface area contributed by atoms with Crippen molar-refractivity contribution in [3.8, 4) is 11.5 Å². The minimum absolute atomic E-state index is 0. The maximum absolute atomic E-state index is 5.39. The topological polar surface area (TPSA) is 64.1 Å². The molecule has 1 aliphatic rings. The van der Waals surface area contributed by atoms with Gasteiger partial charge in [0.25, 0.3) is 0 Å². The number of benzene rings is 1. The lowest BCUT2D eigenvalue weighted by Crippen LogP contribution is -2.38. The van der Waals surface area contributed by atoms with Crippen molar-refractivity contribution in [1.82, 2.24) is 10.6 Å². The monoisotopic (exact) mass is 471 g/mol. The standard InChI is InChI=1S/C13H18BrN3O3.HI/c1-15-13(16-3-4-18-2)17-7-9-5-10(14)12-11(6-9)19-8-20-12;/h5-6H,3-4,7-8H2,1-2H3,(H2,15,16,17);1H. The molecule has 1 aliphatic heterocycles. The number of methoxy groups -OCH3 is 1. The average Bonchev–Trinajstić information content (AvgIpc) is 2.91. The van der Waals surface area contributed by atoms with Gasteiger partial charge < -0.3 is 24.8 Å². The van der Waals surface area contributed by atoms with E-state index in [1.54, 1.807) is 14.2 Å². The van der Waals surface area contributed by atoms with Gasteiger partial charge in [-0.15, -0.1) is 24.0 Å². The van der Waals surface area contributed by atoms with E-state index in [9.17, 15) is 0 Å². The highest BCUT2D eigenvalue weighted by molar-refractivity contribution is 14.0. The number of nitrogens with one attached hydrogen (secondary N) is 2. The fraction of sp³-hybridized carbons (Fsp3) is 0.462. The number of hydrogen-bond donors (Lipinski definition) is 2. The molecule has 1 heterocycles. The summed E-state index contributed by atoms with van der Waals surface area (Å²) in [7, 11) is 3.40. The summed E-state index contributed by atoms with van der Waals surface area (Å²) in [5, 5.41) is 6.38. The number of guanidine groups is 1. The van der Waals surface area contributed by atoms with Crippen LogP contribution in [0, 0.1) is 0 Å². The molecule has 0 spiro atoms. The molecule has 0 amide bonds. The first-order valence-corrected chi connectivity index (χ1v) is 7.05. The molecular weight excluding hydrogens is 453 g/mol. The molecule has 1 aromatic rings. The third-order valence-corrected chi connectivity index (χ3v) is 3.36. The Hall–Kier alpha value is -0.740. The Labute approximate surface area is 149 Å². The quantitative estimate of drug-likeness (QED) is 0.298. The zero-order chi connectivity index (χ0) is 14.4. The van der Waals surface area contributed by atoms with Gasteiger partial charge in [0.15, 0.2) is 17.5 Å². The second-order valence-electron chi connectivity index (χ2n) is 4.16. The maximum atomic E-state index is 5.39. The fourth-order valence-corrected chi connectivity index (χ4v) is 2.40. The number of aliphatic imine (C=N–C) groups is 1. The van der Waals surface area contributed by atoms with Crippen molar-refractivity contribution < 1.29 is 14.2 Å². The third kappa shape index (κ3) is 5.19. The van der Waals surface area contributed by atoms with Gasteiger partial charge in [0.05, 0.1) is 11.1 Å². The van der Waals surface area contributed by atoms with E-state index >= 15 is 0 Å². The summed E-state index contributed by atoms with van der Waals surface area (Å²) in [6.45, 7) is 2.25. The number of nitrogens with zero attached hydrogens (tertiary/aromatic N) is 1. The lowest BCUT2D eigenvalue weighted by molar-refractivity contribution is 0.173. The SMILES string of the molecule is CN=C(NCCOC)NCc1cc(Br)c2c(c1)OCO2.I. The second kappa shape index (κ2) is 9.31. The zero-order valence-corrected chi connectivity index (χ0v) is 15.9. The van der Waals surface area contributed by atoms with E-state index in [2.05, 4.69) is 31.6 Å². The molecular formula is C13H19BrIN3O3. The third-order valence-electron chi connectivity index (χ3n) is 2.77. The molecule has 0 saturated carbocycles. The first kappa shape index (κ1) is 18.3. The number of rotatable bonds is 5. The minimum Gasteiger partial charge on any atom is -0.454 e. The summed E-state index contributed by atoms with van der Waals surface area (Å²) in [5.41, 5.74) is 1.08. The van der Waals surface area contributed by atoms with E-state index in [1.807, 2.05) is 12.1 Å². The van der Waals surface area contributed by atoms with Crippen LogP contribution in [0.5, 0.6) is 11.5 Å². The van der Waals surface area contributed by atoms with Crippen LogP contribution in [0.15, 0.2) is 21.6 Å². The van der Waals surface area contributed by atoms with Crippen LogP contribution in [-0.4, -0.2) is 40.1 Å². The van der Waals surface area contributed by atoms with Crippen molar-refractivity contribution in [3.63, 3.8) is 0 Å².